The van der Waals surface area contributed by atoms with E-state index in [1.807, 2.05) is 20.2 Å². The van der Waals surface area contributed by atoms with Crippen LogP contribution in [0.3, 0.4) is 0 Å². The molecule has 0 amide bonds. The molecular weight excluding hydrogens is 234 g/mol. The molecule has 7 heteroatoms. The average molecular weight is 249 g/mol. The molecule has 0 unspecified atom stereocenters. The van der Waals surface area contributed by atoms with Crippen molar-refractivity contribution < 1.29 is 9.47 Å². The highest BCUT2D eigenvalue weighted by Crippen LogP contribution is 2.21. The van der Waals surface area contributed by atoms with Crippen molar-refractivity contribution in [2.24, 2.45) is 7.05 Å². The highest BCUT2D eigenvalue weighted by molar-refractivity contribution is 5.55. The SMILES string of the molecule is COc1cc(OC)nc(Nc2cn(C)nc2C)n1. The van der Waals surface area contributed by atoms with E-state index in [4.69, 9.17) is 9.47 Å². The lowest BCUT2D eigenvalue weighted by molar-refractivity contribution is 0.373. The molecule has 0 aliphatic rings. The molecule has 0 fully saturated rings. The van der Waals surface area contributed by atoms with Crippen molar-refractivity contribution in [2.45, 2.75) is 6.92 Å². The Morgan fingerprint density at radius 1 is 1.17 bits per heavy atom. The average Bonchev–Trinajstić information content (AvgIpc) is 2.67. The molecule has 0 aliphatic heterocycles. The molecule has 2 aromatic rings. The number of aromatic nitrogens is 4. The molecule has 2 heterocycles. The smallest absolute Gasteiger partial charge is 0.233 e. The van der Waals surface area contributed by atoms with Crippen LogP contribution in [0.2, 0.25) is 0 Å². The molecule has 1 N–H and O–H groups in total. The van der Waals surface area contributed by atoms with Crippen molar-refractivity contribution in [3.8, 4) is 11.8 Å². The van der Waals surface area contributed by atoms with Gasteiger partial charge in [0, 0.05) is 13.2 Å². The molecule has 18 heavy (non-hydrogen) atoms. The molecule has 0 radical (unpaired) electrons. The summed E-state index contributed by atoms with van der Waals surface area (Å²) >= 11 is 0. The molecule has 0 spiro atoms. The molecular formula is C11H15N5O2. The lowest BCUT2D eigenvalue weighted by atomic mass is 10.4. The van der Waals surface area contributed by atoms with Crippen LogP contribution in [-0.4, -0.2) is 34.0 Å². The fraction of sp³-hybridized carbons (Fsp3) is 0.364. The molecule has 96 valence electrons. The van der Waals surface area contributed by atoms with Crippen molar-refractivity contribution in [2.75, 3.05) is 19.5 Å². The molecule has 0 bridgehead atoms. The van der Waals surface area contributed by atoms with Crippen LogP contribution in [0.15, 0.2) is 12.3 Å². The number of aryl methyl sites for hydroxylation is 2. The van der Waals surface area contributed by atoms with Crippen LogP contribution in [0.25, 0.3) is 0 Å². The van der Waals surface area contributed by atoms with Crippen LogP contribution < -0.4 is 14.8 Å². The summed E-state index contributed by atoms with van der Waals surface area (Å²) in [5.74, 6) is 1.28. The summed E-state index contributed by atoms with van der Waals surface area (Å²) in [5, 5.41) is 7.31. The third-order valence-corrected chi connectivity index (χ3v) is 2.36. The molecule has 0 aromatic carbocycles. The largest absolute Gasteiger partial charge is 0.481 e. The summed E-state index contributed by atoms with van der Waals surface area (Å²) in [5.41, 5.74) is 1.70. The van der Waals surface area contributed by atoms with Crippen molar-refractivity contribution in [3.05, 3.63) is 18.0 Å². The number of hydrogen-bond acceptors (Lipinski definition) is 6. The van der Waals surface area contributed by atoms with Gasteiger partial charge in [-0.2, -0.15) is 15.1 Å². The zero-order valence-corrected chi connectivity index (χ0v) is 10.8. The van der Waals surface area contributed by atoms with E-state index in [9.17, 15) is 0 Å². The first-order valence-electron chi connectivity index (χ1n) is 5.36. The van der Waals surface area contributed by atoms with Gasteiger partial charge in [0.2, 0.25) is 17.7 Å². The Morgan fingerprint density at radius 3 is 2.22 bits per heavy atom. The van der Waals surface area contributed by atoms with Crippen LogP contribution in [0.1, 0.15) is 5.69 Å². The minimum atomic E-state index is 0.405. The standard InChI is InChI=1S/C11H15N5O2/c1-7-8(6-16(2)15-7)12-11-13-9(17-3)5-10(14-11)18-4/h5-6H,1-4H3,(H,12,13,14). The van der Waals surface area contributed by atoms with Gasteiger partial charge in [-0.1, -0.05) is 0 Å². The fourth-order valence-electron chi connectivity index (χ4n) is 1.51. The fourth-order valence-corrected chi connectivity index (χ4v) is 1.51. The summed E-state index contributed by atoms with van der Waals surface area (Å²) in [6, 6.07) is 1.61. The molecule has 2 rings (SSSR count). The lowest BCUT2D eigenvalue weighted by Crippen LogP contribution is -2.01. The van der Waals surface area contributed by atoms with Gasteiger partial charge in [-0.3, -0.25) is 4.68 Å². The monoisotopic (exact) mass is 249 g/mol. The number of anilines is 2. The Morgan fingerprint density at radius 2 is 1.78 bits per heavy atom. The van der Waals surface area contributed by atoms with E-state index in [0.29, 0.717) is 17.7 Å². The number of nitrogens with one attached hydrogen (secondary N) is 1. The summed E-state index contributed by atoms with van der Waals surface area (Å²) in [6.07, 6.45) is 1.85. The molecule has 0 saturated carbocycles. The van der Waals surface area contributed by atoms with Gasteiger partial charge >= 0.3 is 0 Å². The van der Waals surface area contributed by atoms with E-state index >= 15 is 0 Å². The third kappa shape index (κ3) is 2.50. The number of hydrogen-bond donors (Lipinski definition) is 1. The zero-order valence-electron chi connectivity index (χ0n) is 10.8. The van der Waals surface area contributed by atoms with Gasteiger partial charge in [0.05, 0.1) is 31.7 Å². The molecule has 0 atom stereocenters. The van der Waals surface area contributed by atoms with E-state index in [1.54, 1.807) is 25.0 Å². The minimum absolute atomic E-state index is 0.405. The van der Waals surface area contributed by atoms with Crippen molar-refractivity contribution in [1.82, 2.24) is 19.7 Å². The number of rotatable bonds is 4. The highest BCUT2D eigenvalue weighted by atomic mass is 16.5. The first-order valence-corrected chi connectivity index (χ1v) is 5.36. The maximum Gasteiger partial charge on any atom is 0.233 e. The third-order valence-electron chi connectivity index (χ3n) is 2.36. The zero-order chi connectivity index (χ0) is 13.1. The summed E-state index contributed by atoms with van der Waals surface area (Å²) in [6.45, 7) is 1.90. The van der Waals surface area contributed by atoms with E-state index < -0.39 is 0 Å². The lowest BCUT2D eigenvalue weighted by Gasteiger charge is -2.07. The van der Waals surface area contributed by atoms with Crippen molar-refractivity contribution in [3.63, 3.8) is 0 Å². The van der Waals surface area contributed by atoms with Crippen LogP contribution >= 0.6 is 0 Å². The van der Waals surface area contributed by atoms with E-state index in [2.05, 4.69) is 20.4 Å². The molecule has 7 nitrogen and oxygen atoms in total. The predicted molar refractivity (Wildman–Crippen MR) is 66.4 cm³/mol. The maximum absolute atomic E-state index is 5.08. The molecule has 0 saturated heterocycles. The molecule has 0 aliphatic carbocycles. The van der Waals surface area contributed by atoms with E-state index in [0.717, 1.165) is 11.4 Å². The maximum atomic E-state index is 5.08. The Labute approximate surface area is 105 Å². The number of ether oxygens (including phenoxy) is 2. The first kappa shape index (κ1) is 12.2. The Hall–Kier alpha value is -2.31. The van der Waals surface area contributed by atoms with Crippen LogP contribution in [0.4, 0.5) is 11.6 Å². The van der Waals surface area contributed by atoms with Gasteiger partial charge in [-0.15, -0.1) is 0 Å². The number of methoxy groups -OCH3 is 2. The highest BCUT2D eigenvalue weighted by Gasteiger charge is 2.08. The second kappa shape index (κ2) is 4.91. The van der Waals surface area contributed by atoms with Crippen LogP contribution in [0.5, 0.6) is 11.8 Å². The predicted octanol–water partition coefficient (Wildman–Crippen LogP) is 1.28. The molecule has 2 aromatic heterocycles. The number of nitrogens with zero attached hydrogens (tertiary/aromatic N) is 4. The van der Waals surface area contributed by atoms with Gasteiger partial charge in [0.1, 0.15) is 0 Å². The summed E-state index contributed by atoms with van der Waals surface area (Å²) < 4.78 is 11.9. The minimum Gasteiger partial charge on any atom is -0.481 e. The van der Waals surface area contributed by atoms with E-state index in [-0.39, 0.29) is 0 Å². The Kier molecular flexibility index (Phi) is 3.31. The summed E-state index contributed by atoms with van der Waals surface area (Å²) in [4.78, 5) is 8.37. The quantitative estimate of drug-likeness (QED) is 0.879. The van der Waals surface area contributed by atoms with Gasteiger partial charge < -0.3 is 14.8 Å². The normalized spacial score (nSPS) is 10.2. The van der Waals surface area contributed by atoms with Crippen LogP contribution in [0, 0.1) is 6.92 Å². The van der Waals surface area contributed by atoms with Crippen molar-refractivity contribution >= 4 is 11.6 Å². The van der Waals surface area contributed by atoms with Gasteiger partial charge in [0.15, 0.2) is 0 Å². The second-order valence-corrected chi connectivity index (χ2v) is 3.70. The second-order valence-electron chi connectivity index (χ2n) is 3.70. The van der Waals surface area contributed by atoms with Crippen LogP contribution in [-0.2, 0) is 7.05 Å². The van der Waals surface area contributed by atoms with E-state index in [1.165, 1.54) is 0 Å². The Bertz CT molecular complexity index is 530. The summed E-state index contributed by atoms with van der Waals surface area (Å²) in [7, 11) is 4.94. The first-order chi connectivity index (χ1) is 8.62. The van der Waals surface area contributed by atoms with Gasteiger partial charge in [-0.25, -0.2) is 0 Å². The Balaban J connectivity index is 2.30. The van der Waals surface area contributed by atoms with Gasteiger partial charge in [0.25, 0.3) is 0 Å². The van der Waals surface area contributed by atoms with Crippen molar-refractivity contribution in [1.29, 1.82) is 0 Å². The van der Waals surface area contributed by atoms with Gasteiger partial charge in [-0.05, 0) is 6.92 Å². The topological polar surface area (TPSA) is 74.1 Å².